The number of esters is 4. The summed E-state index contributed by atoms with van der Waals surface area (Å²) in [5.41, 5.74) is 10.3. The molecule has 33 nitrogen and oxygen atoms in total. The molecule has 0 aromatic carbocycles. The Morgan fingerprint density at radius 1 is 0.673 bits per heavy atom. The maximum absolute atomic E-state index is 15.5. The Bertz CT molecular complexity index is 3190. The van der Waals surface area contributed by atoms with Gasteiger partial charge in [-0.1, -0.05) is 75.5 Å². The first-order chi connectivity index (χ1) is 45.6. The third-order valence-electron chi connectivity index (χ3n) is 14.4. The van der Waals surface area contributed by atoms with Gasteiger partial charge in [-0.05, 0) is 53.2 Å². The molecule has 1 unspecified atom stereocenters. The van der Waals surface area contributed by atoms with E-state index in [1.807, 2.05) is 0 Å². The minimum atomic E-state index is -4.88. The molecule has 3 fully saturated rings. The molecule has 5 aliphatic rings. The van der Waals surface area contributed by atoms with Gasteiger partial charge in [0.2, 0.25) is 13.6 Å². The minimum absolute atomic E-state index is 0.0185. The molecular formula is C59H88ClF4N10O23P. The van der Waals surface area contributed by atoms with E-state index in [-0.39, 0.29) is 48.0 Å². The van der Waals surface area contributed by atoms with Crippen LogP contribution in [0.15, 0.2) is 69.2 Å². The number of hydrazone groups is 1. The number of ether oxygens (including phenoxy) is 11. The molecule has 0 saturated carbocycles. The molecule has 1 aromatic heterocycles. The highest BCUT2D eigenvalue weighted by molar-refractivity contribution is 7.48. The van der Waals surface area contributed by atoms with Crippen LogP contribution in [0.25, 0.3) is 0 Å². The number of amidine groups is 2. The normalized spacial score (nSPS) is 27.1. The van der Waals surface area contributed by atoms with Gasteiger partial charge in [0.15, 0.2) is 60.6 Å². The number of carbonyl (C=O) groups is 6. The van der Waals surface area contributed by atoms with Crippen LogP contribution in [-0.4, -0.2) is 202 Å². The highest BCUT2D eigenvalue weighted by atomic mass is 35.5. The molecule has 13 atom stereocenters. The van der Waals surface area contributed by atoms with Crippen molar-refractivity contribution in [3.8, 4) is 0 Å². The Kier molecular flexibility index (Phi) is 30.5. The van der Waals surface area contributed by atoms with E-state index in [0.29, 0.717) is 0 Å². The number of rotatable bonds is 27. The number of hydrogen-bond donors (Lipinski definition) is 4. The van der Waals surface area contributed by atoms with Crippen molar-refractivity contribution in [3.63, 3.8) is 0 Å². The van der Waals surface area contributed by atoms with Gasteiger partial charge in [0.05, 0.1) is 54.6 Å². The SMILES string of the molecule is C=C1N=C(N)C=CN1[C@@H]1O[C@@](COP(=O)(OCOC(=O)OC(C)C)OCOC(=O)OC(C)C)(C(C)F)[C@@H](O)[C@H]1F.C=C1N=C(N)C=NN1[C@@H]1O[C@](CCl)(COC(=O)C(C)C)[C@@H](OC(=O)C(C)C)[C@H]1F.CC[C@]1(COC(=O)C(C)C)O[C@@H](n2ccc(N)nc2=O)[C@H](F)[C@@H]1OC(=O)C(C)C. The fourth-order valence-corrected chi connectivity index (χ4v) is 10.2. The van der Waals surface area contributed by atoms with Gasteiger partial charge in [-0.3, -0.25) is 28.3 Å². The van der Waals surface area contributed by atoms with Gasteiger partial charge in [-0.25, -0.2) is 60.6 Å². The number of nitrogens with two attached hydrogens (primary N) is 3. The van der Waals surface area contributed by atoms with E-state index in [4.69, 9.17) is 85.0 Å². The lowest BCUT2D eigenvalue weighted by molar-refractivity contribution is -0.182. The number of halogens is 5. The van der Waals surface area contributed by atoms with Crippen LogP contribution in [0.4, 0.5) is 33.0 Å². The first-order valence-electron chi connectivity index (χ1n) is 30.6. The van der Waals surface area contributed by atoms with Crippen LogP contribution in [0.5, 0.6) is 0 Å². The second kappa shape index (κ2) is 36.0. The number of aliphatic hydroxyl groups excluding tert-OH is 1. The van der Waals surface area contributed by atoms with Gasteiger partial charge in [-0.2, -0.15) is 10.1 Å². The number of aliphatic hydroxyl groups is 1. The Morgan fingerprint density at radius 3 is 1.60 bits per heavy atom. The van der Waals surface area contributed by atoms with Crippen LogP contribution in [0.2, 0.25) is 0 Å². The lowest BCUT2D eigenvalue weighted by Crippen LogP contribution is -2.52. The first-order valence-corrected chi connectivity index (χ1v) is 32.6. The fraction of sp³-hybridized carbons (Fsp3) is 0.678. The predicted molar refractivity (Wildman–Crippen MR) is 338 cm³/mol. The Balaban J connectivity index is 0.000000318. The molecule has 552 valence electrons. The number of phosphoric acid groups is 1. The summed E-state index contributed by atoms with van der Waals surface area (Å²) in [6.07, 6.45) is -15.8. The number of nitrogens with zero attached hydrogens (tertiary/aromatic N) is 7. The molecular weight excluding hydrogens is 1360 g/mol. The summed E-state index contributed by atoms with van der Waals surface area (Å²) in [5.74, 6) is -4.31. The van der Waals surface area contributed by atoms with Crippen molar-refractivity contribution in [2.75, 3.05) is 45.0 Å². The van der Waals surface area contributed by atoms with E-state index in [9.17, 15) is 47.6 Å². The number of aromatic nitrogens is 2. The van der Waals surface area contributed by atoms with Crippen molar-refractivity contribution in [2.24, 2.45) is 50.2 Å². The van der Waals surface area contributed by atoms with E-state index >= 15 is 13.2 Å². The second-order valence-electron chi connectivity index (χ2n) is 24.1. The van der Waals surface area contributed by atoms with E-state index in [0.717, 1.165) is 21.4 Å². The summed E-state index contributed by atoms with van der Waals surface area (Å²) in [4.78, 5) is 96.2. The largest absolute Gasteiger partial charge is 0.510 e. The number of carbonyl (C=O) groups excluding carboxylic acids is 6. The molecule has 5 aliphatic heterocycles. The molecule has 6 heterocycles. The number of alkyl halides is 5. The lowest BCUT2D eigenvalue weighted by Gasteiger charge is -2.35. The zero-order chi connectivity index (χ0) is 74.1. The van der Waals surface area contributed by atoms with Crippen LogP contribution in [-0.2, 0) is 89.4 Å². The highest BCUT2D eigenvalue weighted by Gasteiger charge is 2.63. The highest BCUT2D eigenvalue weighted by Crippen LogP contribution is 2.52. The van der Waals surface area contributed by atoms with E-state index in [1.54, 1.807) is 90.0 Å². The zero-order valence-corrected chi connectivity index (χ0v) is 58.3. The minimum Gasteiger partial charge on any atom is -0.462 e. The third-order valence-corrected chi connectivity index (χ3v) is 16.1. The van der Waals surface area contributed by atoms with Gasteiger partial charge in [-0.15, -0.1) is 11.6 Å². The predicted octanol–water partition coefficient (Wildman–Crippen LogP) is 6.16. The number of phosphoric ester groups is 1. The lowest BCUT2D eigenvalue weighted by atomic mass is 9.92. The van der Waals surface area contributed by atoms with Gasteiger partial charge in [0.1, 0.15) is 60.2 Å². The van der Waals surface area contributed by atoms with E-state index in [2.05, 4.69) is 42.7 Å². The number of hydrogen-bond acceptors (Lipinski definition) is 32. The Labute approximate surface area is 567 Å². The summed E-state index contributed by atoms with van der Waals surface area (Å²) < 4.78 is 148. The Morgan fingerprint density at radius 2 is 1.15 bits per heavy atom. The molecule has 6 rings (SSSR count). The third kappa shape index (κ3) is 21.5. The first kappa shape index (κ1) is 82.9. The Hall–Kier alpha value is -7.51. The summed E-state index contributed by atoms with van der Waals surface area (Å²) in [7, 11) is -4.88. The van der Waals surface area contributed by atoms with Crippen molar-refractivity contribution >= 4 is 79.3 Å². The zero-order valence-electron chi connectivity index (χ0n) is 56.6. The topological polar surface area (TPSA) is 425 Å². The molecule has 0 aliphatic carbocycles. The van der Waals surface area contributed by atoms with Gasteiger partial charge in [0.25, 0.3) is 0 Å². The van der Waals surface area contributed by atoms with Crippen LogP contribution in [0.3, 0.4) is 0 Å². The summed E-state index contributed by atoms with van der Waals surface area (Å²) in [5, 5.41) is 15.7. The smallest absolute Gasteiger partial charge is 0.462 e. The monoisotopic (exact) mass is 1450 g/mol. The van der Waals surface area contributed by atoms with Crippen LogP contribution >= 0.6 is 19.4 Å². The summed E-state index contributed by atoms with van der Waals surface area (Å²) >= 11 is 6.11. The molecule has 0 radical (unpaired) electrons. The average molecular weight is 1450 g/mol. The molecule has 3 saturated heterocycles. The van der Waals surface area contributed by atoms with Gasteiger partial charge < -0.3 is 79.3 Å². The maximum atomic E-state index is 15.5. The number of nitrogen functional groups attached to an aromatic ring is 1. The molecule has 1 aromatic rings. The average Bonchev–Trinajstić information content (AvgIpc) is 1.62. The molecule has 0 spiro atoms. The van der Waals surface area contributed by atoms with Crippen molar-refractivity contribution < 1.29 is 122 Å². The molecule has 0 bridgehead atoms. The molecule has 7 N–H and O–H groups in total. The summed E-state index contributed by atoms with van der Waals surface area (Å²) in [6, 6.07) is 1.33. The maximum Gasteiger partial charge on any atom is 0.510 e. The molecule has 0 amide bonds. The van der Waals surface area contributed by atoms with E-state index in [1.165, 1.54) is 30.8 Å². The van der Waals surface area contributed by atoms with Gasteiger partial charge >= 0.3 is 49.7 Å². The standard InChI is InChI=1S/C22H34F2N3O12P.C19H28FN3O6.C18H26ClFN4O5/c1-12(2)37-20(29)32-10-35-40(31,36-11-33-21(30)38-13(3)4)34-9-22(14(5)23)18(28)17(24)19(39-22)27-8-7-16(25)26-15(27)6;1-6-19(9-27-16(24)10(2)3)14(28-17(25)11(4)5)13(20)15(29-19)23-8-7-12(21)22-18(23)26;1-9(2)16(25)27-8-18(7-19)14(28-17(26)10(3)4)13(20)15(29-18)24-11(5)23-12(21)6-22-24/h7-8,12-14,17-19,28H,6,9-11H2,1-5H3,(H2,25,26);7-8,10-11,13-15H,6,9H2,1-5H3,(H2,21,22,26);6,9-10,13-15H,5,7-8H2,1-4H3,(H2,21,23)/t14?,17-,18+,19-,22+;13-,14+,15-,19-;13-,14+,15-,18-/m111/s1. The number of aliphatic imine (C=N–C) groups is 2. The molecule has 39 heteroatoms. The van der Waals surface area contributed by atoms with Crippen LogP contribution in [0, 0.1) is 23.7 Å². The van der Waals surface area contributed by atoms with Gasteiger partial charge in [0, 0.05) is 12.4 Å². The van der Waals surface area contributed by atoms with Crippen molar-refractivity contribution in [2.45, 2.75) is 194 Å². The fourth-order valence-electron chi connectivity index (χ4n) is 8.92. The molecule has 98 heavy (non-hydrogen) atoms. The van der Waals surface area contributed by atoms with Crippen LogP contribution < -0.4 is 22.9 Å². The second-order valence-corrected chi connectivity index (χ2v) is 26.1. The van der Waals surface area contributed by atoms with Crippen LogP contribution in [0.1, 0.15) is 110 Å². The van der Waals surface area contributed by atoms with E-state index < -0.39 is 191 Å². The quantitative estimate of drug-likeness (QED) is 0.0191. The summed E-state index contributed by atoms with van der Waals surface area (Å²) in [6.45, 7) is 25.2. The van der Waals surface area contributed by atoms with Crippen molar-refractivity contribution in [1.29, 1.82) is 0 Å². The van der Waals surface area contributed by atoms with Crippen molar-refractivity contribution in [3.05, 3.63) is 59.8 Å². The number of anilines is 1. The van der Waals surface area contributed by atoms with Crippen molar-refractivity contribution in [1.82, 2.24) is 19.5 Å².